The number of rotatable bonds is 6. The van der Waals surface area contributed by atoms with Crippen molar-refractivity contribution in [3.8, 4) is 17.6 Å². The van der Waals surface area contributed by atoms with Gasteiger partial charge in [-0.3, -0.25) is 0 Å². The highest BCUT2D eigenvalue weighted by atomic mass is 16.5. The molecule has 0 aliphatic carbocycles. The molecular formula is C12H16N2O2. The van der Waals surface area contributed by atoms with Crippen molar-refractivity contribution in [2.45, 2.75) is 12.8 Å². The zero-order chi connectivity index (χ0) is 11.8. The number of anilines is 1. The molecule has 0 fully saturated rings. The second kappa shape index (κ2) is 6.57. The minimum Gasteiger partial charge on any atom is -0.497 e. The van der Waals surface area contributed by atoms with Gasteiger partial charge in [0, 0.05) is 19.0 Å². The number of methoxy groups -OCH3 is 2. The first-order valence-corrected chi connectivity index (χ1v) is 5.14. The van der Waals surface area contributed by atoms with Gasteiger partial charge in [-0.1, -0.05) is 0 Å². The van der Waals surface area contributed by atoms with E-state index in [1.807, 2.05) is 18.2 Å². The summed E-state index contributed by atoms with van der Waals surface area (Å²) in [6.07, 6.45) is 1.39. The van der Waals surface area contributed by atoms with Crippen LogP contribution in [0.2, 0.25) is 0 Å². The van der Waals surface area contributed by atoms with Gasteiger partial charge in [-0.25, -0.2) is 0 Å². The molecule has 0 bridgehead atoms. The summed E-state index contributed by atoms with van der Waals surface area (Å²) in [6.45, 7) is 0.760. The van der Waals surface area contributed by atoms with Crippen LogP contribution in [-0.2, 0) is 0 Å². The lowest BCUT2D eigenvalue weighted by Crippen LogP contribution is -2.03. The zero-order valence-electron chi connectivity index (χ0n) is 9.62. The standard InChI is InChI=1S/C12H16N2O2/c1-15-10-5-6-11(12(9-10)16-2)14-8-4-3-7-13/h5-6,9,14H,3-4,8H2,1-2H3. The average Bonchev–Trinajstić information content (AvgIpc) is 2.34. The van der Waals surface area contributed by atoms with Crippen molar-refractivity contribution in [3.05, 3.63) is 18.2 Å². The van der Waals surface area contributed by atoms with E-state index in [0.29, 0.717) is 6.42 Å². The third-order valence-electron chi connectivity index (χ3n) is 2.19. The van der Waals surface area contributed by atoms with Crippen molar-refractivity contribution in [1.82, 2.24) is 0 Å². The third kappa shape index (κ3) is 3.35. The summed E-state index contributed by atoms with van der Waals surface area (Å²) >= 11 is 0. The van der Waals surface area contributed by atoms with E-state index in [2.05, 4.69) is 11.4 Å². The smallest absolute Gasteiger partial charge is 0.145 e. The summed E-state index contributed by atoms with van der Waals surface area (Å²) in [7, 11) is 3.24. The van der Waals surface area contributed by atoms with Crippen molar-refractivity contribution >= 4 is 5.69 Å². The maximum atomic E-state index is 8.41. The normalized spacial score (nSPS) is 9.31. The Morgan fingerprint density at radius 1 is 1.31 bits per heavy atom. The van der Waals surface area contributed by atoms with Gasteiger partial charge in [0.05, 0.1) is 26.0 Å². The Morgan fingerprint density at radius 3 is 2.75 bits per heavy atom. The van der Waals surface area contributed by atoms with Gasteiger partial charge in [0.15, 0.2) is 0 Å². The molecule has 0 aliphatic rings. The number of hydrogen-bond acceptors (Lipinski definition) is 4. The molecule has 0 unspecified atom stereocenters. The highest BCUT2D eigenvalue weighted by Crippen LogP contribution is 2.28. The monoisotopic (exact) mass is 220 g/mol. The minimum absolute atomic E-state index is 0.561. The lowest BCUT2D eigenvalue weighted by atomic mass is 10.2. The molecule has 86 valence electrons. The van der Waals surface area contributed by atoms with Gasteiger partial charge in [0.1, 0.15) is 11.5 Å². The lowest BCUT2D eigenvalue weighted by Gasteiger charge is -2.11. The first-order chi connectivity index (χ1) is 7.81. The van der Waals surface area contributed by atoms with Crippen LogP contribution in [0.15, 0.2) is 18.2 Å². The Labute approximate surface area is 95.8 Å². The minimum atomic E-state index is 0.561. The first kappa shape index (κ1) is 12.2. The molecular weight excluding hydrogens is 204 g/mol. The number of benzene rings is 1. The van der Waals surface area contributed by atoms with Crippen LogP contribution in [0.1, 0.15) is 12.8 Å². The van der Waals surface area contributed by atoms with Crippen LogP contribution in [0.4, 0.5) is 5.69 Å². The van der Waals surface area contributed by atoms with E-state index in [0.717, 1.165) is 30.2 Å². The number of ether oxygens (including phenoxy) is 2. The van der Waals surface area contributed by atoms with Crippen LogP contribution >= 0.6 is 0 Å². The fourth-order valence-corrected chi connectivity index (χ4v) is 1.34. The number of unbranched alkanes of at least 4 members (excludes halogenated alkanes) is 1. The van der Waals surface area contributed by atoms with Crippen molar-refractivity contribution in [3.63, 3.8) is 0 Å². The zero-order valence-corrected chi connectivity index (χ0v) is 9.62. The fourth-order valence-electron chi connectivity index (χ4n) is 1.34. The first-order valence-electron chi connectivity index (χ1n) is 5.14. The summed E-state index contributed by atoms with van der Waals surface area (Å²) in [6, 6.07) is 7.71. The molecule has 4 heteroatoms. The second-order valence-electron chi connectivity index (χ2n) is 3.25. The van der Waals surface area contributed by atoms with Gasteiger partial charge in [0.2, 0.25) is 0 Å². The topological polar surface area (TPSA) is 54.3 Å². The molecule has 1 aromatic rings. The maximum Gasteiger partial charge on any atom is 0.145 e. The molecule has 0 spiro atoms. The molecule has 0 saturated carbocycles. The van der Waals surface area contributed by atoms with Crippen LogP contribution in [0.3, 0.4) is 0 Å². The van der Waals surface area contributed by atoms with E-state index in [9.17, 15) is 0 Å². The Kier molecular flexibility index (Phi) is 5.00. The molecule has 0 aromatic heterocycles. The Balaban J connectivity index is 2.61. The number of nitriles is 1. The Hall–Kier alpha value is -1.89. The predicted molar refractivity (Wildman–Crippen MR) is 62.9 cm³/mol. The maximum absolute atomic E-state index is 8.41. The van der Waals surface area contributed by atoms with Gasteiger partial charge < -0.3 is 14.8 Å². The quantitative estimate of drug-likeness (QED) is 0.748. The van der Waals surface area contributed by atoms with Crippen molar-refractivity contribution in [1.29, 1.82) is 5.26 Å². The van der Waals surface area contributed by atoms with Crippen LogP contribution in [0, 0.1) is 11.3 Å². The molecule has 0 atom stereocenters. The van der Waals surface area contributed by atoms with E-state index in [1.54, 1.807) is 14.2 Å². The SMILES string of the molecule is COc1ccc(NCCCC#N)c(OC)c1. The summed E-state index contributed by atoms with van der Waals surface area (Å²) < 4.78 is 10.3. The summed E-state index contributed by atoms with van der Waals surface area (Å²) in [5.41, 5.74) is 0.918. The molecule has 1 N–H and O–H groups in total. The average molecular weight is 220 g/mol. The number of nitrogens with one attached hydrogen (secondary N) is 1. The van der Waals surface area contributed by atoms with E-state index >= 15 is 0 Å². The van der Waals surface area contributed by atoms with Crippen molar-refractivity contribution < 1.29 is 9.47 Å². The van der Waals surface area contributed by atoms with Crippen molar-refractivity contribution in [2.24, 2.45) is 0 Å². The molecule has 4 nitrogen and oxygen atoms in total. The van der Waals surface area contributed by atoms with E-state index < -0.39 is 0 Å². The van der Waals surface area contributed by atoms with Crippen LogP contribution in [0.5, 0.6) is 11.5 Å². The summed E-state index contributed by atoms with van der Waals surface area (Å²) in [5.74, 6) is 1.51. The van der Waals surface area contributed by atoms with Gasteiger partial charge in [-0.15, -0.1) is 0 Å². The molecule has 0 radical (unpaired) electrons. The molecule has 0 saturated heterocycles. The van der Waals surface area contributed by atoms with Crippen LogP contribution in [-0.4, -0.2) is 20.8 Å². The van der Waals surface area contributed by atoms with Gasteiger partial charge >= 0.3 is 0 Å². The van der Waals surface area contributed by atoms with Gasteiger partial charge in [0.25, 0.3) is 0 Å². The molecule has 0 heterocycles. The largest absolute Gasteiger partial charge is 0.497 e. The Bertz CT molecular complexity index is 372. The molecule has 1 aromatic carbocycles. The van der Waals surface area contributed by atoms with Gasteiger partial charge in [-0.05, 0) is 18.6 Å². The predicted octanol–water partition coefficient (Wildman–Crippen LogP) is 2.42. The third-order valence-corrected chi connectivity index (χ3v) is 2.19. The summed E-state index contributed by atoms with van der Waals surface area (Å²) in [4.78, 5) is 0. The molecule has 16 heavy (non-hydrogen) atoms. The number of hydrogen-bond donors (Lipinski definition) is 1. The van der Waals surface area contributed by atoms with Crippen LogP contribution in [0.25, 0.3) is 0 Å². The Morgan fingerprint density at radius 2 is 2.12 bits per heavy atom. The molecule has 0 aliphatic heterocycles. The number of nitrogens with zero attached hydrogens (tertiary/aromatic N) is 1. The highest BCUT2D eigenvalue weighted by Gasteiger charge is 2.03. The van der Waals surface area contributed by atoms with E-state index in [4.69, 9.17) is 14.7 Å². The van der Waals surface area contributed by atoms with Crippen LogP contribution < -0.4 is 14.8 Å². The van der Waals surface area contributed by atoms with Crippen molar-refractivity contribution in [2.75, 3.05) is 26.1 Å². The highest BCUT2D eigenvalue weighted by molar-refractivity contribution is 5.59. The molecule has 1 rings (SSSR count). The lowest BCUT2D eigenvalue weighted by molar-refractivity contribution is 0.395. The van der Waals surface area contributed by atoms with E-state index in [-0.39, 0.29) is 0 Å². The van der Waals surface area contributed by atoms with E-state index in [1.165, 1.54) is 0 Å². The summed E-state index contributed by atoms with van der Waals surface area (Å²) in [5, 5.41) is 11.6. The fraction of sp³-hybridized carbons (Fsp3) is 0.417. The second-order valence-corrected chi connectivity index (χ2v) is 3.25. The van der Waals surface area contributed by atoms with Gasteiger partial charge in [-0.2, -0.15) is 5.26 Å². The molecule has 0 amide bonds.